The fraction of sp³-hybridized carbons (Fsp3) is 0. The Kier molecular flexibility index (Phi) is 3.87. The topological polar surface area (TPSA) is 13.1 Å². The van der Waals surface area contributed by atoms with Gasteiger partial charge in [-0.15, -0.1) is 0 Å². The van der Waals surface area contributed by atoms with Gasteiger partial charge in [0, 0.05) is 10.8 Å². The number of rotatable bonds is 4. The van der Waals surface area contributed by atoms with E-state index in [9.17, 15) is 2.74 Å². The van der Waals surface area contributed by atoms with E-state index in [1.165, 1.54) is 0 Å². The number of hydrogen-bond acceptors (Lipinski definition) is 1. The monoisotopic (exact) mass is 583 g/mol. The molecule has 0 aliphatic heterocycles. The van der Waals surface area contributed by atoms with Crippen LogP contribution in [0.4, 0.5) is 0 Å². The Bertz CT molecular complexity index is 3070. The van der Waals surface area contributed by atoms with Crippen LogP contribution < -0.4 is 0 Å². The molecule has 0 amide bonds. The molecule has 45 heavy (non-hydrogen) atoms. The zero-order chi connectivity index (χ0) is 39.3. The Balaban J connectivity index is 1.41. The first-order valence-electron chi connectivity index (χ1n) is 20.0. The molecule has 0 bridgehead atoms. The van der Waals surface area contributed by atoms with Crippen LogP contribution in [0.25, 0.3) is 88.0 Å². The number of furan rings is 1. The van der Waals surface area contributed by atoms with Gasteiger partial charge in [0.15, 0.2) is 0 Å². The zero-order valence-electron chi connectivity index (χ0n) is 34.7. The Hall–Kier alpha value is -5.92. The lowest BCUT2D eigenvalue weighted by molar-refractivity contribution is 0.669. The summed E-state index contributed by atoms with van der Waals surface area (Å²) in [6.07, 6.45) is 0. The molecule has 0 saturated carbocycles. The third-order valence-corrected chi connectivity index (χ3v) is 8.26. The van der Waals surface area contributed by atoms with Crippen molar-refractivity contribution in [3.63, 3.8) is 0 Å². The summed E-state index contributed by atoms with van der Waals surface area (Å²) in [6, 6.07) is 28.1. The highest BCUT2D eigenvalue weighted by atomic mass is 16.3. The molecule has 0 radical (unpaired) electrons. The van der Waals surface area contributed by atoms with E-state index in [0.29, 0.717) is 22.3 Å². The number of fused-ring (bicyclic) bond motifs is 5. The van der Waals surface area contributed by atoms with Crippen molar-refractivity contribution in [1.82, 2.24) is 0 Å². The van der Waals surface area contributed by atoms with Crippen LogP contribution in [-0.4, -0.2) is 0 Å². The fourth-order valence-electron chi connectivity index (χ4n) is 6.36. The first kappa shape index (κ1) is 16.8. The lowest BCUT2D eigenvalue weighted by Crippen LogP contribution is -1.92. The van der Waals surface area contributed by atoms with Crippen molar-refractivity contribution in [3.8, 4) is 44.5 Å². The summed E-state index contributed by atoms with van der Waals surface area (Å²) in [5.41, 5.74) is 3.89. The van der Waals surface area contributed by atoms with Gasteiger partial charge in [0.1, 0.15) is 11.2 Å². The second-order valence-electron chi connectivity index (χ2n) is 10.8. The fourth-order valence-corrected chi connectivity index (χ4v) is 6.36. The lowest BCUT2D eigenvalue weighted by atomic mass is 9.84. The number of hydrogen-bond donors (Lipinski definition) is 0. The van der Waals surface area contributed by atoms with Gasteiger partial charge in [-0.05, 0) is 90.2 Å². The molecular formula is C44H28O. The van der Waals surface area contributed by atoms with Crippen LogP contribution in [0, 0.1) is 0 Å². The first-order chi connectivity index (χ1) is 26.9. The van der Waals surface area contributed by atoms with E-state index in [2.05, 4.69) is 0 Å². The maximum absolute atomic E-state index is 9.93. The molecule has 1 nitrogen and oxygen atoms in total. The van der Waals surface area contributed by atoms with E-state index in [4.69, 9.17) is 16.8 Å². The van der Waals surface area contributed by atoms with Crippen molar-refractivity contribution >= 4 is 43.5 Å². The Morgan fingerprint density at radius 3 is 1.69 bits per heavy atom. The van der Waals surface area contributed by atoms with Crippen molar-refractivity contribution in [1.29, 1.82) is 0 Å². The molecule has 1 aromatic heterocycles. The molecule has 9 aromatic rings. The number of benzene rings is 8. The second kappa shape index (κ2) is 10.4. The molecule has 1 heteroatoms. The second-order valence-corrected chi connectivity index (χ2v) is 10.8. The summed E-state index contributed by atoms with van der Waals surface area (Å²) >= 11 is 0. The molecule has 0 spiro atoms. The molecule has 0 aliphatic rings. The normalized spacial score (nSPS) is 15.0. The standard InChI is InChI=1S/C44H28O/c1-3-14-29(15-4-1)31-18-13-19-32(26-31)42-34-20-7-9-22-36(34)43(37-23-10-8-21-35(37)42)33-27-39(30-16-5-2-6-17-30)44-38-24-11-12-25-40(38)45-41(44)28-33/h1-28H/i1D,3D,4D,11D,12D,14D,15D,24D,25D,27D,28D. The van der Waals surface area contributed by atoms with E-state index in [1.807, 2.05) is 91.0 Å². The highest BCUT2D eigenvalue weighted by Gasteiger charge is 2.20. The Morgan fingerprint density at radius 2 is 0.978 bits per heavy atom. The maximum atomic E-state index is 9.93. The van der Waals surface area contributed by atoms with Gasteiger partial charge < -0.3 is 4.42 Å². The third-order valence-electron chi connectivity index (χ3n) is 8.26. The average molecular weight is 584 g/mol. The van der Waals surface area contributed by atoms with E-state index in [0.717, 1.165) is 32.7 Å². The van der Waals surface area contributed by atoms with Gasteiger partial charge in [-0.3, -0.25) is 0 Å². The van der Waals surface area contributed by atoms with Crippen LogP contribution in [0.5, 0.6) is 0 Å². The molecule has 1 heterocycles. The van der Waals surface area contributed by atoms with Gasteiger partial charge in [-0.2, -0.15) is 0 Å². The van der Waals surface area contributed by atoms with Crippen LogP contribution in [0.1, 0.15) is 15.1 Å². The quantitative estimate of drug-likeness (QED) is 0.188. The molecule has 0 unspecified atom stereocenters. The van der Waals surface area contributed by atoms with Crippen LogP contribution in [0.2, 0.25) is 0 Å². The van der Waals surface area contributed by atoms with Crippen LogP contribution >= 0.6 is 0 Å². The number of para-hydroxylation sites is 1. The minimum Gasteiger partial charge on any atom is -0.456 e. The van der Waals surface area contributed by atoms with Gasteiger partial charge in [0.2, 0.25) is 0 Å². The summed E-state index contributed by atoms with van der Waals surface area (Å²) in [5.74, 6) is 0. The lowest BCUT2D eigenvalue weighted by Gasteiger charge is -2.19. The van der Waals surface area contributed by atoms with Gasteiger partial charge in [-0.1, -0.05) is 145 Å². The van der Waals surface area contributed by atoms with E-state index in [-0.39, 0.29) is 69.3 Å². The van der Waals surface area contributed by atoms with E-state index in [1.54, 1.807) is 12.1 Å². The highest BCUT2D eigenvalue weighted by molar-refractivity contribution is 6.23. The molecule has 0 atom stereocenters. The molecular weight excluding hydrogens is 544 g/mol. The highest BCUT2D eigenvalue weighted by Crippen LogP contribution is 2.47. The largest absolute Gasteiger partial charge is 0.456 e. The molecule has 9 rings (SSSR count). The van der Waals surface area contributed by atoms with Crippen molar-refractivity contribution in [2.24, 2.45) is 0 Å². The summed E-state index contributed by atoms with van der Waals surface area (Å²) < 4.78 is 102. The molecule has 0 fully saturated rings. The summed E-state index contributed by atoms with van der Waals surface area (Å²) in [5, 5.41) is 3.38. The van der Waals surface area contributed by atoms with Crippen molar-refractivity contribution in [2.75, 3.05) is 0 Å². The summed E-state index contributed by atoms with van der Waals surface area (Å²) in [7, 11) is 0. The molecule has 210 valence electrons. The Labute approximate surface area is 277 Å². The van der Waals surface area contributed by atoms with Crippen LogP contribution in [0.3, 0.4) is 0 Å². The van der Waals surface area contributed by atoms with Crippen LogP contribution in [-0.2, 0) is 0 Å². The SMILES string of the molecule is [2H]c1c([2H])c([2H])c(-c2cccc(-c3c4ccccc4c(-c4c([2H])c(-c5ccccc5)c5c(oc6c([2H])c([2H])c([2H])c([2H])c65)c4[2H])c4ccccc34)c2)c([2H])c1[2H]. The van der Waals surface area contributed by atoms with Gasteiger partial charge in [-0.25, -0.2) is 0 Å². The van der Waals surface area contributed by atoms with Crippen LogP contribution in [0.15, 0.2) is 174 Å². The minimum atomic E-state index is -0.464. The summed E-state index contributed by atoms with van der Waals surface area (Å²) in [6.45, 7) is 0. The Morgan fingerprint density at radius 1 is 0.400 bits per heavy atom. The predicted octanol–water partition coefficient (Wildman–Crippen LogP) is 12.6. The maximum Gasteiger partial charge on any atom is 0.136 e. The minimum absolute atomic E-state index is 0.00458. The van der Waals surface area contributed by atoms with Gasteiger partial charge >= 0.3 is 0 Å². The zero-order valence-corrected chi connectivity index (χ0v) is 23.7. The third kappa shape index (κ3) is 4.17. The summed E-state index contributed by atoms with van der Waals surface area (Å²) in [4.78, 5) is 0. The molecule has 0 aliphatic carbocycles. The van der Waals surface area contributed by atoms with Crippen molar-refractivity contribution in [3.05, 3.63) is 170 Å². The molecule has 8 aromatic carbocycles. The van der Waals surface area contributed by atoms with E-state index >= 15 is 0 Å². The van der Waals surface area contributed by atoms with E-state index < -0.39 is 30.2 Å². The molecule has 0 N–H and O–H groups in total. The van der Waals surface area contributed by atoms with Gasteiger partial charge in [0.25, 0.3) is 0 Å². The first-order valence-corrected chi connectivity index (χ1v) is 14.5. The van der Waals surface area contributed by atoms with Crippen molar-refractivity contribution in [2.45, 2.75) is 0 Å². The van der Waals surface area contributed by atoms with Crippen molar-refractivity contribution < 1.29 is 19.5 Å². The average Bonchev–Trinajstić information content (AvgIpc) is 3.62. The predicted molar refractivity (Wildman–Crippen MR) is 190 cm³/mol. The molecule has 0 saturated heterocycles. The van der Waals surface area contributed by atoms with Gasteiger partial charge in [0.05, 0.1) is 15.1 Å². The smallest absolute Gasteiger partial charge is 0.136 e.